The van der Waals surface area contributed by atoms with Crippen LogP contribution in [-0.2, 0) is 4.74 Å². The molecule has 0 N–H and O–H groups in total. The molecule has 4 heteroatoms. The molecule has 19 heavy (non-hydrogen) atoms. The van der Waals surface area contributed by atoms with Gasteiger partial charge in [-0.3, -0.25) is 0 Å². The normalized spacial score (nSPS) is 16.2. The number of hydrogen-bond acceptors (Lipinski definition) is 2. The summed E-state index contributed by atoms with van der Waals surface area (Å²) in [6.45, 7) is 9.26. The van der Waals surface area contributed by atoms with Crippen LogP contribution in [0, 0.1) is 6.92 Å². The van der Waals surface area contributed by atoms with Gasteiger partial charge in [0.15, 0.2) is 0 Å². The van der Waals surface area contributed by atoms with Crippen molar-refractivity contribution < 1.29 is 9.53 Å². The largest absolute Gasteiger partial charge is 0.444 e. The van der Waals surface area contributed by atoms with E-state index in [2.05, 4.69) is 35.0 Å². The number of carbonyl (C=O) groups is 1. The zero-order valence-corrected chi connectivity index (χ0v) is 13.5. The first-order chi connectivity index (χ1) is 8.76. The maximum atomic E-state index is 11.9. The van der Waals surface area contributed by atoms with Gasteiger partial charge in [0.1, 0.15) is 5.60 Å². The van der Waals surface area contributed by atoms with Crippen molar-refractivity contribution >= 4 is 22.0 Å². The van der Waals surface area contributed by atoms with E-state index in [0.29, 0.717) is 5.92 Å². The summed E-state index contributed by atoms with van der Waals surface area (Å²) in [5.74, 6) is 0.421. The van der Waals surface area contributed by atoms with Crippen molar-refractivity contribution in [3.63, 3.8) is 0 Å². The molecule has 2 rings (SSSR count). The highest BCUT2D eigenvalue weighted by atomic mass is 79.9. The van der Waals surface area contributed by atoms with Crippen LogP contribution >= 0.6 is 15.9 Å². The molecule has 0 unspecified atom stereocenters. The van der Waals surface area contributed by atoms with Gasteiger partial charge in [0.2, 0.25) is 0 Å². The van der Waals surface area contributed by atoms with Crippen molar-refractivity contribution in [1.29, 1.82) is 0 Å². The van der Waals surface area contributed by atoms with E-state index in [-0.39, 0.29) is 6.09 Å². The Hall–Kier alpha value is -1.03. The summed E-state index contributed by atoms with van der Waals surface area (Å²) >= 11 is 3.50. The Morgan fingerprint density at radius 2 is 2.00 bits per heavy atom. The van der Waals surface area contributed by atoms with Crippen molar-refractivity contribution in [2.45, 2.75) is 39.2 Å². The third-order valence-electron chi connectivity index (χ3n) is 3.21. The maximum absolute atomic E-state index is 11.9. The van der Waals surface area contributed by atoms with Crippen LogP contribution in [0.15, 0.2) is 22.7 Å². The number of aryl methyl sites for hydroxylation is 1. The van der Waals surface area contributed by atoms with E-state index in [0.717, 1.165) is 17.6 Å². The molecule has 1 aromatic rings. The number of benzene rings is 1. The Morgan fingerprint density at radius 1 is 1.37 bits per heavy atom. The highest BCUT2D eigenvalue weighted by Gasteiger charge is 2.35. The summed E-state index contributed by atoms with van der Waals surface area (Å²) in [6, 6.07) is 6.30. The highest BCUT2D eigenvalue weighted by molar-refractivity contribution is 9.10. The molecule has 1 fully saturated rings. The van der Waals surface area contributed by atoms with Crippen LogP contribution in [0.5, 0.6) is 0 Å². The maximum Gasteiger partial charge on any atom is 0.410 e. The Morgan fingerprint density at radius 3 is 2.58 bits per heavy atom. The molecule has 1 heterocycles. The molecule has 1 aromatic carbocycles. The van der Waals surface area contributed by atoms with E-state index in [4.69, 9.17) is 4.74 Å². The minimum absolute atomic E-state index is 0.212. The van der Waals surface area contributed by atoms with Gasteiger partial charge in [0.25, 0.3) is 0 Å². The van der Waals surface area contributed by atoms with Gasteiger partial charge in [0, 0.05) is 23.5 Å². The second kappa shape index (κ2) is 5.16. The lowest BCUT2D eigenvalue weighted by atomic mass is 9.89. The van der Waals surface area contributed by atoms with Crippen molar-refractivity contribution in [2.75, 3.05) is 13.1 Å². The predicted molar refractivity (Wildman–Crippen MR) is 79.4 cm³/mol. The first kappa shape index (κ1) is 14.4. The average Bonchev–Trinajstić information content (AvgIpc) is 2.18. The Bertz CT molecular complexity index is 487. The van der Waals surface area contributed by atoms with Crippen LogP contribution in [0.25, 0.3) is 0 Å². The zero-order valence-electron chi connectivity index (χ0n) is 11.9. The van der Waals surface area contributed by atoms with E-state index in [1.54, 1.807) is 4.90 Å². The molecule has 104 valence electrons. The number of ether oxygens (including phenoxy) is 1. The first-order valence-electron chi connectivity index (χ1n) is 6.50. The van der Waals surface area contributed by atoms with Gasteiger partial charge in [0.05, 0.1) is 0 Å². The average molecular weight is 326 g/mol. The summed E-state index contributed by atoms with van der Waals surface area (Å²) < 4.78 is 6.44. The van der Waals surface area contributed by atoms with E-state index in [1.807, 2.05) is 26.8 Å². The van der Waals surface area contributed by atoms with Crippen LogP contribution in [-0.4, -0.2) is 29.7 Å². The topological polar surface area (TPSA) is 29.5 Å². The van der Waals surface area contributed by atoms with Gasteiger partial charge in [-0.1, -0.05) is 22.0 Å². The lowest BCUT2D eigenvalue weighted by molar-refractivity contribution is 0.00814. The fourth-order valence-corrected chi connectivity index (χ4v) is 2.58. The smallest absolute Gasteiger partial charge is 0.410 e. The first-order valence-corrected chi connectivity index (χ1v) is 7.29. The van der Waals surface area contributed by atoms with Gasteiger partial charge < -0.3 is 9.64 Å². The predicted octanol–water partition coefficient (Wildman–Crippen LogP) is 4.09. The molecule has 0 spiro atoms. The molecule has 0 aliphatic carbocycles. The molecular formula is C15H20BrNO2. The summed E-state index contributed by atoms with van der Waals surface area (Å²) in [6.07, 6.45) is -0.212. The second-order valence-corrected chi connectivity index (χ2v) is 7.00. The van der Waals surface area contributed by atoms with Crippen molar-refractivity contribution in [3.8, 4) is 0 Å². The van der Waals surface area contributed by atoms with E-state index in [9.17, 15) is 4.79 Å². The lowest BCUT2D eigenvalue weighted by Gasteiger charge is -2.40. The molecule has 0 aromatic heterocycles. The fourth-order valence-electron chi connectivity index (χ4n) is 2.20. The number of amides is 1. The van der Waals surface area contributed by atoms with Crippen LogP contribution < -0.4 is 0 Å². The van der Waals surface area contributed by atoms with Crippen LogP contribution in [0.4, 0.5) is 4.79 Å². The van der Waals surface area contributed by atoms with Crippen LogP contribution in [0.2, 0.25) is 0 Å². The number of rotatable bonds is 1. The molecule has 1 aliphatic heterocycles. The zero-order chi connectivity index (χ0) is 14.2. The van der Waals surface area contributed by atoms with Crippen molar-refractivity contribution in [1.82, 2.24) is 4.90 Å². The van der Waals surface area contributed by atoms with Gasteiger partial charge in [-0.15, -0.1) is 0 Å². The van der Waals surface area contributed by atoms with Crippen LogP contribution in [0.1, 0.15) is 37.8 Å². The molecule has 1 saturated heterocycles. The molecule has 3 nitrogen and oxygen atoms in total. The number of hydrogen-bond donors (Lipinski definition) is 0. The van der Waals surface area contributed by atoms with Crippen LogP contribution in [0.3, 0.4) is 0 Å². The number of carbonyl (C=O) groups excluding carboxylic acids is 1. The monoisotopic (exact) mass is 325 g/mol. The number of nitrogens with zero attached hydrogens (tertiary/aromatic N) is 1. The molecule has 1 aliphatic rings. The highest BCUT2D eigenvalue weighted by Crippen LogP contribution is 2.32. The summed E-state index contributed by atoms with van der Waals surface area (Å²) in [5, 5.41) is 0. The molecule has 0 radical (unpaired) electrons. The molecular weight excluding hydrogens is 306 g/mol. The van der Waals surface area contributed by atoms with Gasteiger partial charge in [-0.05, 0) is 51.0 Å². The Kier molecular flexibility index (Phi) is 3.90. The number of likely N-dealkylation sites (tertiary alicyclic amines) is 1. The molecule has 0 bridgehead atoms. The van der Waals surface area contributed by atoms with Gasteiger partial charge in [-0.25, -0.2) is 4.79 Å². The standard InChI is InChI=1S/C15H20BrNO2/c1-10-5-6-12(16)7-13(10)11-8-17(9-11)14(18)19-15(2,3)4/h5-7,11H,8-9H2,1-4H3. The Balaban J connectivity index is 1.96. The SMILES string of the molecule is Cc1ccc(Br)cc1C1CN(C(=O)OC(C)(C)C)C1. The van der Waals surface area contributed by atoms with Crippen molar-refractivity contribution in [3.05, 3.63) is 33.8 Å². The van der Waals surface area contributed by atoms with Gasteiger partial charge >= 0.3 is 6.09 Å². The minimum Gasteiger partial charge on any atom is -0.444 e. The lowest BCUT2D eigenvalue weighted by Crippen LogP contribution is -2.50. The van der Waals surface area contributed by atoms with E-state index >= 15 is 0 Å². The molecule has 1 amide bonds. The third-order valence-corrected chi connectivity index (χ3v) is 3.71. The second-order valence-electron chi connectivity index (χ2n) is 6.08. The van der Waals surface area contributed by atoms with Crippen molar-refractivity contribution in [2.24, 2.45) is 0 Å². The fraction of sp³-hybridized carbons (Fsp3) is 0.533. The summed E-state index contributed by atoms with van der Waals surface area (Å²) in [7, 11) is 0. The van der Waals surface area contributed by atoms with Gasteiger partial charge in [-0.2, -0.15) is 0 Å². The van der Waals surface area contributed by atoms with E-state index < -0.39 is 5.60 Å². The number of halogens is 1. The Labute approximate surface area is 123 Å². The third kappa shape index (κ3) is 3.50. The molecule has 0 atom stereocenters. The summed E-state index contributed by atoms with van der Waals surface area (Å²) in [4.78, 5) is 13.6. The quantitative estimate of drug-likeness (QED) is 0.778. The minimum atomic E-state index is -0.423. The van der Waals surface area contributed by atoms with E-state index in [1.165, 1.54) is 11.1 Å². The molecule has 0 saturated carbocycles. The summed E-state index contributed by atoms with van der Waals surface area (Å²) in [5.41, 5.74) is 2.17.